The van der Waals surface area contributed by atoms with Gasteiger partial charge < -0.3 is 14.5 Å². The number of amides is 1. The van der Waals surface area contributed by atoms with Crippen molar-refractivity contribution in [1.82, 2.24) is 10.2 Å². The third-order valence-corrected chi connectivity index (χ3v) is 3.87. The number of aromatic nitrogens is 2. The number of benzene rings is 2. The maximum Gasteiger partial charge on any atom is 0.313 e. The number of hydrogen-bond acceptors (Lipinski definition) is 5. The highest BCUT2D eigenvalue weighted by molar-refractivity contribution is 9.10. The summed E-state index contributed by atoms with van der Waals surface area (Å²) >= 11 is 3.38. The number of carbonyl (C=O) groups excluding carboxylic acids is 1. The van der Waals surface area contributed by atoms with Crippen LogP contribution in [0.5, 0.6) is 5.75 Å². The first-order chi connectivity index (χ1) is 11.6. The van der Waals surface area contributed by atoms with Gasteiger partial charge in [-0.2, -0.15) is 0 Å². The minimum atomic E-state index is -0.456. The van der Waals surface area contributed by atoms with E-state index in [2.05, 4.69) is 31.4 Å². The number of rotatable bonds is 4. The number of methoxy groups -OCH3 is 1. The van der Waals surface area contributed by atoms with E-state index in [9.17, 15) is 4.79 Å². The van der Waals surface area contributed by atoms with Gasteiger partial charge in [-0.15, -0.1) is 10.2 Å². The number of nitrogens with zero attached hydrogens (tertiary/aromatic N) is 2. The smallest absolute Gasteiger partial charge is 0.313 e. The topological polar surface area (TPSA) is 77.2 Å². The molecule has 0 bridgehead atoms. The number of nitrogens with one attached hydrogen (secondary N) is 1. The van der Waals surface area contributed by atoms with Crippen LogP contribution in [-0.2, 0) is 0 Å². The molecule has 0 aliphatic carbocycles. The lowest BCUT2D eigenvalue weighted by Crippen LogP contribution is -2.13. The van der Waals surface area contributed by atoms with Gasteiger partial charge in [0, 0.05) is 15.7 Å². The van der Waals surface area contributed by atoms with Crippen LogP contribution >= 0.6 is 15.9 Å². The van der Waals surface area contributed by atoms with E-state index in [-0.39, 0.29) is 11.8 Å². The molecule has 0 saturated heterocycles. The first-order valence-electron chi connectivity index (χ1n) is 7.12. The van der Waals surface area contributed by atoms with Crippen LogP contribution in [0.3, 0.4) is 0 Å². The van der Waals surface area contributed by atoms with E-state index in [1.165, 1.54) is 0 Å². The number of anilines is 1. The van der Waals surface area contributed by atoms with Crippen LogP contribution in [0.4, 0.5) is 5.69 Å². The van der Waals surface area contributed by atoms with Crippen molar-refractivity contribution in [1.29, 1.82) is 0 Å². The van der Waals surface area contributed by atoms with Gasteiger partial charge in [-0.3, -0.25) is 4.79 Å². The van der Waals surface area contributed by atoms with Crippen molar-refractivity contribution in [3.63, 3.8) is 0 Å². The minimum absolute atomic E-state index is 0.102. The number of aryl methyl sites for hydroxylation is 1. The van der Waals surface area contributed by atoms with Crippen molar-refractivity contribution in [2.24, 2.45) is 0 Å². The van der Waals surface area contributed by atoms with Gasteiger partial charge in [0.15, 0.2) is 0 Å². The molecule has 122 valence electrons. The molecule has 0 aliphatic heterocycles. The molecular weight excluding hydrogens is 374 g/mol. The summed E-state index contributed by atoms with van der Waals surface area (Å²) in [6.45, 7) is 1.90. The Kier molecular flexibility index (Phi) is 4.61. The van der Waals surface area contributed by atoms with Crippen LogP contribution < -0.4 is 10.1 Å². The fourth-order valence-electron chi connectivity index (χ4n) is 2.13. The van der Waals surface area contributed by atoms with Gasteiger partial charge in [0.05, 0.1) is 7.11 Å². The Hall–Kier alpha value is -2.67. The summed E-state index contributed by atoms with van der Waals surface area (Å²) in [4.78, 5) is 12.3. The standard InChI is InChI=1S/C17H14BrN3O3/c1-10-8-12(18)6-7-14(10)19-15(22)17-21-20-16(24-17)11-4-3-5-13(9-11)23-2/h3-9H,1-2H3,(H,19,22). The molecule has 0 fully saturated rings. The zero-order chi connectivity index (χ0) is 17.1. The van der Waals surface area contributed by atoms with Gasteiger partial charge in [-0.1, -0.05) is 22.0 Å². The van der Waals surface area contributed by atoms with Crippen LogP contribution in [-0.4, -0.2) is 23.2 Å². The van der Waals surface area contributed by atoms with Gasteiger partial charge in [0.1, 0.15) is 5.75 Å². The van der Waals surface area contributed by atoms with E-state index in [0.717, 1.165) is 10.0 Å². The molecule has 0 spiro atoms. The van der Waals surface area contributed by atoms with Gasteiger partial charge in [0.25, 0.3) is 0 Å². The Bertz CT molecular complexity index is 892. The van der Waals surface area contributed by atoms with Crippen LogP contribution in [0.1, 0.15) is 16.2 Å². The van der Waals surface area contributed by atoms with E-state index in [1.807, 2.05) is 31.2 Å². The first kappa shape index (κ1) is 16.2. The first-order valence-corrected chi connectivity index (χ1v) is 7.91. The Morgan fingerprint density at radius 3 is 2.79 bits per heavy atom. The number of hydrogen-bond donors (Lipinski definition) is 1. The summed E-state index contributed by atoms with van der Waals surface area (Å²) in [5, 5.41) is 10.5. The fourth-order valence-corrected chi connectivity index (χ4v) is 2.61. The van der Waals surface area contributed by atoms with E-state index >= 15 is 0 Å². The summed E-state index contributed by atoms with van der Waals surface area (Å²) in [5.41, 5.74) is 2.29. The molecule has 24 heavy (non-hydrogen) atoms. The largest absolute Gasteiger partial charge is 0.497 e. The Labute approximate surface area is 147 Å². The quantitative estimate of drug-likeness (QED) is 0.729. The average molecular weight is 388 g/mol. The molecule has 1 aromatic heterocycles. The monoisotopic (exact) mass is 387 g/mol. The van der Waals surface area contributed by atoms with Gasteiger partial charge in [-0.25, -0.2) is 0 Å². The van der Waals surface area contributed by atoms with Crippen LogP contribution in [0.15, 0.2) is 51.4 Å². The molecule has 0 unspecified atom stereocenters. The summed E-state index contributed by atoms with van der Waals surface area (Å²) in [7, 11) is 1.58. The lowest BCUT2D eigenvalue weighted by atomic mass is 10.2. The molecule has 1 N–H and O–H groups in total. The Morgan fingerprint density at radius 2 is 2.04 bits per heavy atom. The second-order valence-corrected chi connectivity index (χ2v) is 5.97. The van der Waals surface area contributed by atoms with Crippen LogP contribution in [0, 0.1) is 6.92 Å². The third kappa shape index (κ3) is 3.46. The third-order valence-electron chi connectivity index (χ3n) is 3.37. The average Bonchev–Trinajstić information content (AvgIpc) is 3.07. The molecule has 2 aromatic carbocycles. The van der Waals surface area contributed by atoms with Gasteiger partial charge in [-0.05, 0) is 48.9 Å². The second kappa shape index (κ2) is 6.84. The van der Waals surface area contributed by atoms with Gasteiger partial charge >= 0.3 is 11.8 Å². The Morgan fingerprint density at radius 1 is 1.21 bits per heavy atom. The predicted molar refractivity (Wildman–Crippen MR) is 93.1 cm³/mol. The normalized spacial score (nSPS) is 10.5. The molecule has 1 heterocycles. The van der Waals surface area contributed by atoms with Crippen molar-refractivity contribution < 1.29 is 13.9 Å². The van der Waals surface area contributed by atoms with Crippen LogP contribution in [0.25, 0.3) is 11.5 Å². The number of carbonyl (C=O) groups is 1. The molecular formula is C17H14BrN3O3. The minimum Gasteiger partial charge on any atom is -0.497 e. The molecule has 0 atom stereocenters. The highest BCUT2D eigenvalue weighted by atomic mass is 79.9. The zero-order valence-electron chi connectivity index (χ0n) is 13.0. The van der Waals surface area contributed by atoms with Gasteiger partial charge in [0.2, 0.25) is 5.89 Å². The molecule has 6 nitrogen and oxygen atoms in total. The second-order valence-electron chi connectivity index (χ2n) is 5.06. The fraction of sp³-hybridized carbons (Fsp3) is 0.118. The van der Waals surface area contributed by atoms with E-state index in [0.29, 0.717) is 17.0 Å². The maximum atomic E-state index is 12.3. The predicted octanol–water partition coefficient (Wildman–Crippen LogP) is 4.07. The van der Waals surface area contributed by atoms with Crippen LogP contribution in [0.2, 0.25) is 0 Å². The maximum absolute atomic E-state index is 12.3. The van der Waals surface area contributed by atoms with E-state index in [4.69, 9.17) is 9.15 Å². The summed E-state index contributed by atoms with van der Waals surface area (Å²) in [6.07, 6.45) is 0. The van der Waals surface area contributed by atoms with Crippen molar-refractivity contribution in [2.45, 2.75) is 6.92 Å². The molecule has 1 amide bonds. The summed E-state index contributed by atoms with van der Waals surface area (Å²) in [6, 6.07) is 12.7. The Balaban J connectivity index is 1.80. The lowest BCUT2D eigenvalue weighted by Gasteiger charge is -2.06. The van der Waals surface area contributed by atoms with Crippen molar-refractivity contribution >= 4 is 27.5 Å². The summed E-state index contributed by atoms with van der Waals surface area (Å²) < 4.78 is 11.6. The highest BCUT2D eigenvalue weighted by Crippen LogP contribution is 2.24. The molecule has 3 aromatic rings. The molecule has 0 radical (unpaired) electrons. The molecule has 0 saturated carbocycles. The highest BCUT2D eigenvalue weighted by Gasteiger charge is 2.17. The zero-order valence-corrected chi connectivity index (χ0v) is 14.6. The molecule has 3 rings (SSSR count). The van der Waals surface area contributed by atoms with Crippen molar-refractivity contribution in [3.8, 4) is 17.2 Å². The lowest BCUT2D eigenvalue weighted by molar-refractivity contribution is 0.0990. The molecule has 7 heteroatoms. The van der Waals surface area contributed by atoms with Crippen molar-refractivity contribution in [3.05, 3.63) is 58.4 Å². The van der Waals surface area contributed by atoms with E-state index in [1.54, 1.807) is 25.3 Å². The SMILES string of the molecule is COc1cccc(-c2nnc(C(=O)Nc3ccc(Br)cc3C)o2)c1. The van der Waals surface area contributed by atoms with E-state index < -0.39 is 5.91 Å². The molecule has 0 aliphatic rings. The number of halogens is 1. The number of ether oxygens (including phenoxy) is 1. The summed E-state index contributed by atoms with van der Waals surface area (Å²) in [5.74, 6) is 0.367. The van der Waals surface area contributed by atoms with Crippen molar-refractivity contribution in [2.75, 3.05) is 12.4 Å².